The van der Waals surface area contributed by atoms with E-state index >= 15 is 8.78 Å². The maximum Gasteiger partial charge on any atom is 0.416 e. The molecule has 2 aliphatic heterocycles. The van der Waals surface area contributed by atoms with Crippen molar-refractivity contribution in [3.63, 3.8) is 0 Å². The van der Waals surface area contributed by atoms with Crippen molar-refractivity contribution in [3.8, 4) is 0 Å². The van der Waals surface area contributed by atoms with Crippen molar-refractivity contribution < 1.29 is 40.6 Å². The molecule has 0 spiro atoms. The number of benzene rings is 1. The van der Waals surface area contributed by atoms with Crippen LogP contribution in [0.25, 0.3) is 11.0 Å². The van der Waals surface area contributed by atoms with Gasteiger partial charge in [-0.05, 0) is 32.0 Å². The highest BCUT2D eigenvalue weighted by molar-refractivity contribution is 6.07. The Kier molecular flexibility index (Phi) is 5.16. The van der Waals surface area contributed by atoms with E-state index in [1.807, 2.05) is 0 Å². The molecule has 1 aromatic carbocycles. The maximum atomic E-state index is 15.1. The van der Waals surface area contributed by atoms with E-state index < -0.39 is 41.8 Å². The van der Waals surface area contributed by atoms with Crippen LogP contribution in [0.3, 0.4) is 0 Å². The first-order chi connectivity index (χ1) is 14.4. The minimum absolute atomic E-state index is 0.00875. The molecule has 1 amide bonds. The first kappa shape index (κ1) is 21.8. The molecule has 0 saturated carbocycles. The highest BCUT2D eigenvalue weighted by Gasteiger charge is 2.46. The number of ether oxygens (including phenoxy) is 2. The van der Waals surface area contributed by atoms with E-state index in [2.05, 4.69) is 5.32 Å². The Morgan fingerprint density at radius 3 is 2.48 bits per heavy atom. The first-order valence-electron chi connectivity index (χ1n) is 9.70. The van der Waals surface area contributed by atoms with Crippen LogP contribution in [-0.4, -0.2) is 50.5 Å². The number of rotatable bonds is 3. The number of fused-ring (bicyclic) bond motifs is 3. The number of nitrogens with zero attached hydrogens (tertiary/aromatic N) is 1. The van der Waals surface area contributed by atoms with Crippen molar-refractivity contribution >= 4 is 22.6 Å². The minimum Gasteiger partial charge on any atom is -0.449 e. The van der Waals surface area contributed by atoms with Crippen LogP contribution >= 0.6 is 0 Å². The lowest BCUT2D eigenvalue weighted by atomic mass is 10.0. The summed E-state index contributed by atoms with van der Waals surface area (Å²) in [7, 11) is 0. The van der Waals surface area contributed by atoms with Crippen LogP contribution in [0.4, 0.5) is 27.6 Å². The third kappa shape index (κ3) is 4.20. The molecular formula is C20H21F5N2O4. The fourth-order valence-electron chi connectivity index (χ4n) is 3.70. The van der Waals surface area contributed by atoms with Crippen molar-refractivity contribution in [1.29, 1.82) is 0 Å². The smallest absolute Gasteiger partial charge is 0.416 e. The second kappa shape index (κ2) is 7.33. The summed E-state index contributed by atoms with van der Waals surface area (Å²) in [6, 6.07) is 2.72. The highest BCUT2D eigenvalue weighted by atomic mass is 19.4. The Balaban J connectivity index is 1.71. The van der Waals surface area contributed by atoms with Crippen molar-refractivity contribution in [2.45, 2.75) is 31.7 Å². The summed E-state index contributed by atoms with van der Waals surface area (Å²) in [5.74, 6) is -6.48. The summed E-state index contributed by atoms with van der Waals surface area (Å²) in [6.45, 7) is 1.94. The molecule has 6 nitrogen and oxygen atoms in total. The Labute approximate surface area is 174 Å². The fraction of sp³-hybridized carbons (Fsp3) is 0.550. The molecule has 0 aliphatic carbocycles. The number of carbonyl (C=O) groups is 1. The van der Waals surface area contributed by atoms with Crippen LogP contribution in [0.5, 0.6) is 0 Å². The molecule has 31 heavy (non-hydrogen) atoms. The number of nitrogens with one attached hydrogen (secondary N) is 1. The summed E-state index contributed by atoms with van der Waals surface area (Å²) in [4.78, 5) is 13.6. The summed E-state index contributed by atoms with van der Waals surface area (Å²) >= 11 is 0. The quantitative estimate of drug-likeness (QED) is 0.719. The number of hydrogen-bond acceptors (Lipinski definition) is 5. The van der Waals surface area contributed by atoms with Gasteiger partial charge in [-0.25, -0.2) is 8.78 Å². The van der Waals surface area contributed by atoms with Crippen LogP contribution in [0.15, 0.2) is 22.6 Å². The SMILES string of the molecule is CC1(C)OCC(C(F)(F)CN2CCNC(=O)c3oc4ccc(C(F)(F)F)cc4c32)CO1. The highest BCUT2D eigenvalue weighted by Crippen LogP contribution is 2.41. The van der Waals surface area contributed by atoms with Gasteiger partial charge in [-0.1, -0.05) is 0 Å². The van der Waals surface area contributed by atoms with Gasteiger partial charge in [-0.2, -0.15) is 13.2 Å². The number of halogens is 5. The van der Waals surface area contributed by atoms with Gasteiger partial charge < -0.3 is 24.1 Å². The predicted molar refractivity (Wildman–Crippen MR) is 100 cm³/mol. The van der Waals surface area contributed by atoms with Crippen molar-refractivity contribution in [3.05, 3.63) is 29.5 Å². The zero-order valence-electron chi connectivity index (χ0n) is 16.8. The molecule has 0 bridgehead atoms. The van der Waals surface area contributed by atoms with E-state index in [0.29, 0.717) is 0 Å². The monoisotopic (exact) mass is 448 g/mol. The fourth-order valence-corrected chi connectivity index (χ4v) is 3.70. The third-order valence-corrected chi connectivity index (χ3v) is 5.44. The Bertz CT molecular complexity index is 991. The molecule has 11 heteroatoms. The Morgan fingerprint density at radius 2 is 1.84 bits per heavy atom. The van der Waals surface area contributed by atoms with E-state index in [0.717, 1.165) is 18.2 Å². The van der Waals surface area contributed by atoms with Gasteiger partial charge >= 0.3 is 6.18 Å². The second-order valence-corrected chi connectivity index (χ2v) is 8.15. The number of hydrogen-bond donors (Lipinski definition) is 1. The lowest BCUT2D eigenvalue weighted by molar-refractivity contribution is -0.286. The molecule has 1 saturated heterocycles. The topological polar surface area (TPSA) is 63.9 Å². The van der Waals surface area contributed by atoms with Gasteiger partial charge in [0.2, 0.25) is 5.76 Å². The number of furan rings is 1. The number of amides is 1. The number of alkyl halides is 5. The molecule has 1 fully saturated rings. The summed E-state index contributed by atoms with van der Waals surface area (Å²) in [5, 5.41) is 2.48. The third-order valence-electron chi connectivity index (χ3n) is 5.44. The summed E-state index contributed by atoms with van der Waals surface area (Å²) in [6.07, 6.45) is -4.64. The number of carbonyl (C=O) groups excluding carboxylic acids is 1. The van der Waals surface area contributed by atoms with Crippen LogP contribution in [0.1, 0.15) is 30.0 Å². The molecule has 3 heterocycles. The zero-order valence-corrected chi connectivity index (χ0v) is 16.8. The predicted octanol–water partition coefficient (Wildman–Crippen LogP) is 4.04. The van der Waals surface area contributed by atoms with Gasteiger partial charge in [-0.3, -0.25) is 4.79 Å². The standard InChI is InChI=1S/C20H21F5N2O4/c1-18(2)29-8-12(9-30-18)19(21,22)10-27-6-5-26-17(28)16-15(27)13-7-11(20(23,24)25)3-4-14(13)31-16/h3-4,7,12H,5-6,8-10H2,1-2H3,(H,26,28). The second-order valence-electron chi connectivity index (χ2n) is 8.15. The molecule has 170 valence electrons. The van der Waals surface area contributed by atoms with Crippen LogP contribution in [-0.2, 0) is 15.7 Å². The van der Waals surface area contributed by atoms with Crippen molar-refractivity contribution in [2.24, 2.45) is 5.92 Å². The van der Waals surface area contributed by atoms with Crippen LogP contribution in [0.2, 0.25) is 0 Å². The maximum absolute atomic E-state index is 15.1. The van der Waals surface area contributed by atoms with Crippen molar-refractivity contribution in [1.82, 2.24) is 5.32 Å². The van der Waals surface area contributed by atoms with Crippen LogP contribution in [0, 0.1) is 5.92 Å². The molecule has 0 radical (unpaired) electrons. The molecule has 4 rings (SSSR count). The van der Waals surface area contributed by atoms with Crippen molar-refractivity contribution in [2.75, 3.05) is 37.7 Å². The molecule has 0 atom stereocenters. The van der Waals surface area contributed by atoms with Gasteiger partial charge in [0.15, 0.2) is 5.79 Å². The average molecular weight is 448 g/mol. The largest absolute Gasteiger partial charge is 0.449 e. The summed E-state index contributed by atoms with van der Waals surface area (Å²) in [5.41, 5.74) is -1.03. The van der Waals surface area contributed by atoms with Crippen LogP contribution < -0.4 is 10.2 Å². The van der Waals surface area contributed by atoms with E-state index in [-0.39, 0.29) is 48.7 Å². The van der Waals surface area contributed by atoms with Gasteiger partial charge in [0, 0.05) is 18.5 Å². The Morgan fingerprint density at radius 1 is 1.16 bits per heavy atom. The normalized spacial score (nSPS) is 20.5. The molecule has 0 unspecified atom stereocenters. The minimum atomic E-state index is -4.64. The van der Waals surface area contributed by atoms with E-state index in [9.17, 15) is 18.0 Å². The molecular weight excluding hydrogens is 427 g/mol. The molecule has 2 aromatic rings. The molecule has 1 aromatic heterocycles. The van der Waals surface area contributed by atoms with Gasteiger partial charge in [0.25, 0.3) is 11.8 Å². The molecule has 1 N–H and O–H groups in total. The lowest BCUT2D eigenvalue weighted by Gasteiger charge is -2.39. The van der Waals surface area contributed by atoms with Gasteiger partial charge in [0.05, 0.1) is 36.9 Å². The van der Waals surface area contributed by atoms with E-state index in [1.54, 1.807) is 13.8 Å². The number of anilines is 1. The zero-order chi connectivity index (χ0) is 22.6. The Hall–Kier alpha value is -2.40. The van der Waals surface area contributed by atoms with E-state index in [4.69, 9.17) is 13.9 Å². The van der Waals surface area contributed by atoms with Gasteiger partial charge in [-0.15, -0.1) is 0 Å². The average Bonchev–Trinajstić information content (AvgIpc) is 2.98. The van der Waals surface area contributed by atoms with Gasteiger partial charge in [0.1, 0.15) is 5.58 Å². The summed E-state index contributed by atoms with van der Waals surface area (Å²) < 4.78 is 86.0. The lowest BCUT2D eigenvalue weighted by Crippen LogP contribution is -2.51. The first-order valence-corrected chi connectivity index (χ1v) is 9.70. The van der Waals surface area contributed by atoms with E-state index in [1.165, 1.54) is 4.90 Å². The molecule has 2 aliphatic rings.